The molecule has 2 aromatic rings. The van der Waals surface area contributed by atoms with Crippen LogP contribution in [-0.2, 0) is 15.6 Å². The summed E-state index contributed by atoms with van der Waals surface area (Å²) in [5, 5.41) is 0.0245. The molecule has 1 heterocycles. The van der Waals surface area contributed by atoms with Crippen molar-refractivity contribution in [3.05, 3.63) is 60.2 Å². The molecule has 0 unspecified atom stereocenters. The molecule has 0 spiro atoms. The number of likely N-dealkylation sites (tertiary alicyclic amines) is 1. The van der Waals surface area contributed by atoms with Crippen LogP contribution in [-0.4, -0.2) is 49.7 Å². The Morgan fingerprint density at radius 3 is 2.19 bits per heavy atom. The van der Waals surface area contributed by atoms with E-state index < -0.39 is 13.9 Å². The quantitative estimate of drug-likeness (QED) is 0.295. The van der Waals surface area contributed by atoms with Crippen LogP contribution in [0.25, 0.3) is 0 Å². The molecule has 1 aliphatic rings. The van der Waals surface area contributed by atoms with E-state index in [0.29, 0.717) is 6.61 Å². The molecule has 1 saturated heterocycles. The third kappa shape index (κ3) is 7.98. The standard InChI is InChI=1S/C30H46N2O4Si/c1-29(2,3)35-28(33)32-24(20-22-14-16-23(31)17-15-22)18-19-26(32)27(36-37(7,8)30(4,5)6)21-34-25-12-10-9-11-13-25/h9-17,24,26-27H,18-21,31H2,1-8H3/t24-,26-,27-/m1/s1. The van der Waals surface area contributed by atoms with Gasteiger partial charge in [0.05, 0.1) is 12.1 Å². The zero-order chi connectivity index (χ0) is 27.4. The molecule has 3 rings (SSSR count). The van der Waals surface area contributed by atoms with Crippen molar-refractivity contribution in [2.24, 2.45) is 0 Å². The summed E-state index contributed by atoms with van der Waals surface area (Å²) in [6, 6.07) is 17.6. The average molecular weight is 527 g/mol. The first-order chi connectivity index (χ1) is 17.2. The zero-order valence-electron chi connectivity index (χ0n) is 23.9. The van der Waals surface area contributed by atoms with Crippen molar-refractivity contribution in [1.82, 2.24) is 4.90 Å². The Morgan fingerprint density at radius 1 is 1.00 bits per heavy atom. The highest BCUT2D eigenvalue weighted by atomic mass is 28.4. The first-order valence-electron chi connectivity index (χ1n) is 13.4. The molecule has 37 heavy (non-hydrogen) atoms. The maximum Gasteiger partial charge on any atom is 0.410 e. The number of ether oxygens (including phenoxy) is 2. The largest absolute Gasteiger partial charge is 0.491 e. The summed E-state index contributed by atoms with van der Waals surface area (Å²) < 4.78 is 19.2. The highest BCUT2D eigenvalue weighted by molar-refractivity contribution is 6.74. The number of carbonyl (C=O) groups is 1. The van der Waals surface area contributed by atoms with E-state index in [1.165, 1.54) is 0 Å². The zero-order valence-corrected chi connectivity index (χ0v) is 24.9. The van der Waals surface area contributed by atoms with Crippen molar-refractivity contribution < 1.29 is 18.7 Å². The van der Waals surface area contributed by atoms with E-state index in [4.69, 9.17) is 19.6 Å². The average Bonchev–Trinajstić information content (AvgIpc) is 3.20. The van der Waals surface area contributed by atoms with Crippen molar-refractivity contribution in [2.45, 2.75) is 103 Å². The summed E-state index contributed by atoms with van der Waals surface area (Å²) in [4.78, 5) is 15.6. The van der Waals surface area contributed by atoms with Crippen molar-refractivity contribution in [1.29, 1.82) is 0 Å². The number of hydrogen-bond acceptors (Lipinski definition) is 5. The van der Waals surface area contributed by atoms with Gasteiger partial charge in [0.2, 0.25) is 0 Å². The van der Waals surface area contributed by atoms with Gasteiger partial charge in [-0.05, 0) is 88.0 Å². The summed E-state index contributed by atoms with van der Waals surface area (Å²) in [7, 11) is -2.16. The number of para-hydroxylation sites is 1. The molecule has 6 nitrogen and oxygen atoms in total. The number of anilines is 1. The fraction of sp³-hybridized carbons (Fsp3) is 0.567. The maximum absolute atomic E-state index is 13.7. The minimum Gasteiger partial charge on any atom is -0.491 e. The Bertz CT molecular complexity index is 1010. The minimum absolute atomic E-state index is 0.00529. The van der Waals surface area contributed by atoms with Crippen LogP contribution in [0.2, 0.25) is 18.1 Å². The fourth-order valence-electron chi connectivity index (χ4n) is 4.48. The van der Waals surface area contributed by atoms with E-state index in [1.807, 2.05) is 80.3 Å². The molecule has 7 heteroatoms. The van der Waals surface area contributed by atoms with Crippen LogP contribution in [0.15, 0.2) is 54.6 Å². The predicted molar refractivity (Wildman–Crippen MR) is 153 cm³/mol. The van der Waals surface area contributed by atoms with Gasteiger partial charge in [-0.3, -0.25) is 4.90 Å². The minimum atomic E-state index is -2.16. The number of benzene rings is 2. The van der Waals surface area contributed by atoms with E-state index in [2.05, 4.69) is 33.9 Å². The van der Waals surface area contributed by atoms with Gasteiger partial charge in [0, 0.05) is 11.7 Å². The van der Waals surface area contributed by atoms with Gasteiger partial charge in [-0.1, -0.05) is 51.1 Å². The molecular weight excluding hydrogens is 480 g/mol. The first kappa shape index (κ1) is 29.0. The van der Waals surface area contributed by atoms with Crippen LogP contribution in [0.1, 0.15) is 59.9 Å². The summed E-state index contributed by atoms with van der Waals surface area (Å²) in [6.07, 6.45) is 1.87. The number of nitrogens with zero attached hydrogens (tertiary/aromatic N) is 1. The first-order valence-corrected chi connectivity index (χ1v) is 16.3. The second-order valence-corrected chi connectivity index (χ2v) is 17.4. The Morgan fingerprint density at radius 2 is 1.62 bits per heavy atom. The SMILES string of the molecule is CC(C)(C)OC(=O)N1[C@@H](Cc2ccc(N)cc2)CC[C@@H]1[C@@H](COc1ccccc1)O[Si](C)(C)C(C)(C)C. The van der Waals surface area contributed by atoms with Gasteiger partial charge in [0.25, 0.3) is 0 Å². The van der Waals surface area contributed by atoms with Crippen molar-refractivity contribution >= 4 is 20.1 Å². The van der Waals surface area contributed by atoms with Gasteiger partial charge < -0.3 is 19.6 Å². The molecule has 2 aromatic carbocycles. The van der Waals surface area contributed by atoms with Crippen LogP contribution in [0.3, 0.4) is 0 Å². The van der Waals surface area contributed by atoms with E-state index >= 15 is 0 Å². The van der Waals surface area contributed by atoms with Crippen molar-refractivity contribution in [3.8, 4) is 5.75 Å². The Hall–Kier alpha value is -2.51. The molecule has 1 amide bonds. The molecule has 0 radical (unpaired) electrons. The number of rotatable bonds is 8. The third-order valence-corrected chi connectivity index (χ3v) is 11.9. The number of hydrogen-bond donors (Lipinski definition) is 1. The Labute approximate surface area is 224 Å². The summed E-state index contributed by atoms with van der Waals surface area (Å²) >= 11 is 0. The highest BCUT2D eigenvalue weighted by Crippen LogP contribution is 2.40. The molecule has 0 aromatic heterocycles. The Kier molecular flexibility index (Phi) is 9.01. The molecule has 204 valence electrons. The normalized spacial score (nSPS) is 19.5. The van der Waals surface area contributed by atoms with Crippen molar-refractivity contribution in [3.63, 3.8) is 0 Å². The van der Waals surface area contributed by atoms with Gasteiger partial charge in [-0.15, -0.1) is 0 Å². The molecule has 2 N–H and O–H groups in total. The molecule has 1 fully saturated rings. The van der Waals surface area contributed by atoms with Crippen LogP contribution < -0.4 is 10.5 Å². The van der Waals surface area contributed by atoms with E-state index in [9.17, 15) is 4.79 Å². The monoisotopic (exact) mass is 526 g/mol. The topological polar surface area (TPSA) is 74.0 Å². The molecule has 1 aliphatic heterocycles. The van der Waals surface area contributed by atoms with Gasteiger partial charge in [-0.2, -0.15) is 0 Å². The fourth-order valence-corrected chi connectivity index (χ4v) is 5.81. The lowest BCUT2D eigenvalue weighted by molar-refractivity contribution is -0.00945. The highest BCUT2D eigenvalue weighted by Gasteiger charge is 2.47. The van der Waals surface area contributed by atoms with Gasteiger partial charge in [0.1, 0.15) is 18.0 Å². The second-order valence-electron chi connectivity index (χ2n) is 12.7. The van der Waals surface area contributed by atoms with Gasteiger partial charge >= 0.3 is 6.09 Å². The molecule has 0 bridgehead atoms. The lowest BCUT2D eigenvalue weighted by atomic mass is 10.0. The van der Waals surface area contributed by atoms with Gasteiger partial charge in [0.15, 0.2) is 8.32 Å². The molecule has 0 aliphatic carbocycles. The molecule has 3 atom stereocenters. The third-order valence-electron chi connectivity index (χ3n) is 7.44. The van der Waals surface area contributed by atoms with Crippen LogP contribution in [0.4, 0.5) is 10.5 Å². The van der Waals surface area contributed by atoms with Crippen molar-refractivity contribution in [2.75, 3.05) is 12.3 Å². The number of carbonyl (C=O) groups excluding carboxylic acids is 1. The number of nitrogens with two attached hydrogens (primary N) is 1. The second kappa shape index (κ2) is 11.5. The van der Waals surface area contributed by atoms with Crippen LogP contribution >= 0.6 is 0 Å². The van der Waals surface area contributed by atoms with Crippen LogP contribution in [0.5, 0.6) is 5.75 Å². The Balaban J connectivity index is 1.92. The molecule has 0 saturated carbocycles. The number of amides is 1. The summed E-state index contributed by atoms with van der Waals surface area (Å²) in [5.41, 5.74) is 7.20. The predicted octanol–water partition coefficient (Wildman–Crippen LogP) is 7.05. The van der Waals surface area contributed by atoms with E-state index in [0.717, 1.165) is 36.3 Å². The maximum atomic E-state index is 13.7. The lowest BCUT2D eigenvalue weighted by Crippen LogP contribution is -2.55. The number of nitrogen functional groups attached to an aromatic ring is 1. The lowest BCUT2D eigenvalue weighted by Gasteiger charge is -2.43. The molecular formula is C30H46N2O4Si. The summed E-state index contributed by atoms with van der Waals surface area (Å²) in [5.74, 6) is 0.798. The van der Waals surface area contributed by atoms with E-state index in [1.54, 1.807) is 0 Å². The van der Waals surface area contributed by atoms with Crippen LogP contribution in [0, 0.1) is 0 Å². The van der Waals surface area contributed by atoms with Gasteiger partial charge in [-0.25, -0.2) is 4.79 Å². The smallest absolute Gasteiger partial charge is 0.410 e. The summed E-state index contributed by atoms with van der Waals surface area (Å²) in [6.45, 7) is 17.3. The van der Waals surface area contributed by atoms with E-state index in [-0.39, 0.29) is 29.3 Å².